The summed E-state index contributed by atoms with van der Waals surface area (Å²) in [6.45, 7) is 6.87. The summed E-state index contributed by atoms with van der Waals surface area (Å²) in [6.07, 6.45) is -0.288. The maximum atomic E-state index is 14.0. The fourth-order valence-electron chi connectivity index (χ4n) is 4.07. The first-order chi connectivity index (χ1) is 22.2. The summed E-state index contributed by atoms with van der Waals surface area (Å²) in [5.41, 5.74) is 5.60. The Labute approximate surface area is 287 Å². The molecule has 6 N–H and O–H groups in total. The number of rotatable bonds is 17. The van der Waals surface area contributed by atoms with Crippen molar-refractivity contribution in [1.29, 1.82) is 0 Å². The third kappa shape index (κ3) is 11.6. The molecular weight excluding hydrogens is 739 g/mol. The van der Waals surface area contributed by atoms with Crippen LogP contribution in [-0.2, 0) is 33.4 Å². The molecule has 0 radical (unpaired) electrons. The third-order valence-corrected chi connectivity index (χ3v) is 9.02. The van der Waals surface area contributed by atoms with Crippen molar-refractivity contribution in [3.63, 3.8) is 0 Å². The number of aromatic nitrogens is 4. The van der Waals surface area contributed by atoms with Gasteiger partial charge in [0.15, 0.2) is 17.0 Å². The number of sulfonamides is 1. The first-order valence-corrected chi connectivity index (χ1v) is 18.7. The minimum absolute atomic E-state index is 0.103. The summed E-state index contributed by atoms with van der Waals surface area (Å²) in [5.74, 6) is -0.594. The van der Waals surface area contributed by atoms with E-state index in [0.29, 0.717) is 0 Å². The lowest BCUT2D eigenvalue weighted by Crippen LogP contribution is -2.40. The molecule has 0 bridgehead atoms. The summed E-state index contributed by atoms with van der Waals surface area (Å²) >= 11 is 3.32. The second kappa shape index (κ2) is 16.2. The number of hydrazine groups is 1. The summed E-state index contributed by atoms with van der Waals surface area (Å²) in [7, 11) is -6.55. The Bertz CT molecular complexity index is 1710. The van der Waals surface area contributed by atoms with Gasteiger partial charge in [-0.15, -0.1) is 4.83 Å². The molecule has 5 atom stereocenters. The van der Waals surface area contributed by atoms with E-state index < -0.39 is 66.8 Å². The molecule has 48 heavy (non-hydrogen) atoms. The number of nitrogens with zero attached hydrogens (tertiary/aromatic N) is 5. The van der Waals surface area contributed by atoms with Crippen molar-refractivity contribution in [3.05, 3.63) is 35.1 Å². The highest BCUT2D eigenvalue weighted by Gasteiger charge is 2.35. The molecule has 3 aromatic rings. The van der Waals surface area contributed by atoms with Crippen LogP contribution in [0.5, 0.6) is 5.75 Å². The molecule has 2 aromatic heterocycles. The Balaban J connectivity index is 1.80. The van der Waals surface area contributed by atoms with Crippen LogP contribution in [0.15, 0.2) is 35.1 Å². The van der Waals surface area contributed by atoms with Crippen LogP contribution in [0.25, 0.3) is 11.2 Å². The Morgan fingerprint density at radius 3 is 2.42 bits per heavy atom. The van der Waals surface area contributed by atoms with E-state index in [0.717, 1.165) is 15.7 Å². The number of anilines is 2. The quantitative estimate of drug-likeness (QED) is 0.0746. The highest BCUT2D eigenvalue weighted by atomic mass is 79.9. The number of halogens is 1. The van der Waals surface area contributed by atoms with E-state index in [9.17, 15) is 28.0 Å². The molecule has 0 fully saturated rings. The first-order valence-electron chi connectivity index (χ1n) is 14.5. The molecule has 0 aliphatic heterocycles. The highest BCUT2D eigenvalue weighted by Crippen LogP contribution is 2.45. The van der Waals surface area contributed by atoms with E-state index in [1.807, 2.05) is 0 Å². The van der Waals surface area contributed by atoms with Gasteiger partial charge in [-0.3, -0.25) is 14.3 Å². The molecule has 3 rings (SSSR count). The van der Waals surface area contributed by atoms with Crippen molar-refractivity contribution in [3.8, 4) is 5.75 Å². The van der Waals surface area contributed by atoms with Gasteiger partial charge in [0.1, 0.15) is 29.6 Å². The van der Waals surface area contributed by atoms with Crippen molar-refractivity contribution in [2.24, 2.45) is 0 Å². The van der Waals surface area contributed by atoms with E-state index in [1.165, 1.54) is 32.4 Å². The van der Waals surface area contributed by atoms with Gasteiger partial charge in [0.2, 0.25) is 16.0 Å². The molecule has 2 heterocycles. The van der Waals surface area contributed by atoms with E-state index in [2.05, 4.69) is 40.8 Å². The van der Waals surface area contributed by atoms with Gasteiger partial charge in [0.05, 0.1) is 38.4 Å². The zero-order valence-electron chi connectivity index (χ0n) is 27.5. The molecule has 1 aromatic carbocycles. The average molecular weight is 782 g/mol. The molecule has 268 valence electrons. The van der Waals surface area contributed by atoms with E-state index in [1.54, 1.807) is 44.4 Å². The summed E-state index contributed by atoms with van der Waals surface area (Å²) in [4.78, 5) is 27.6. The molecular formula is C27H42BrN8O10PS. The lowest BCUT2D eigenvalue weighted by Gasteiger charge is -2.28. The van der Waals surface area contributed by atoms with Crippen LogP contribution in [0.4, 0.5) is 11.8 Å². The lowest BCUT2D eigenvalue weighted by atomic mass is 10.2. The number of hydrogen-bond donors (Lipinski definition) is 5. The highest BCUT2D eigenvalue weighted by molar-refractivity contribution is 9.10. The number of esters is 1. The van der Waals surface area contributed by atoms with Crippen molar-refractivity contribution in [1.82, 2.24) is 29.4 Å². The molecule has 0 saturated heterocycles. The molecule has 0 saturated carbocycles. The number of nitrogens with one attached hydrogen (secondary N) is 2. The zero-order chi connectivity index (χ0) is 36.0. The van der Waals surface area contributed by atoms with Crippen LogP contribution < -0.4 is 25.2 Å². The number of fused-ring (bicyclic) bond motifs is 1. The third-order valence-electron chi connectivity index (χ3n) is 6.24. The van der Waals surface area contributed by atoms with Crippen molar-refractivity contribution < 1.29 is 46.5 Å². The molecule has 0 aliphatic rings. The summed E-state index contributed by atoms with van der Waals surface area (Å²) in [6, 6.07) is 4.72. The zero-order valence-corrected chi connectivity index (χ0v) is 30.8. The van der Waals surface area contributed by atoms with Crippen molar-refractivity contribution >= 4 is 62.6 Å². The number of ether oxygens (including phenoxy) is 2. The summed E-state index contributed by atoms with van der Waals surface area (Å²) in [5, 5.41) is 24.0. The molecule has 18 nitrogen and oxygen atoms in total. The lowest BCUT2D eigenvalue weighted by molar-refractivity contribution is -0.156. The van der Waals surface area contributed by atoms with Crippen LogP contribution >= 0.6 is 23.7 Å². The van der Waals surface area contributed by atoms with Gasteiger partial charge in [-0.1, -0.05) is 15.9 Å². The monoisotopic (exact) mass is 780 g/mol. The van der Waals surface area contributed by atoms with Gasteiger partial charge in [-0.25, -0.2) is 18.0 Å². The van der Waals surface area contributed by atoms with Crippen LogP contribution in [0, 0.1) is 0 Å². The van der Waals surface area contributed by atoms with Gasteiger partial charge in [0, 0.05) is 11.5 Å². The predicted molar refractivity (Wildman–Crippen MR) is 180 cm³/mol. The number of nitrogen functional groups attached to an aromatic ring is 1. The number of carbonyl (C=O) groups is 1. The Morgan fingerprint density at radius 1 is 1.19 bits per heavy atom. The number of aliphatic hydroxyl groups is 2. The smallest absolute Gasteiger partial charge is 0.459 e. The molecule has 0 spiro atoms. The maximum Gasteiger partial charge on any atom is 0.459 e. The Hall–Kier alpha value is -2.94. The van der Waals surface area contributed by atoms with Gasteiger partial charge >= 0.3 is 13.7 Å². The van der Waals surface area contributed by atoms with Gasteiger partial charge in [-0.2, -0.15) is 15.1 Å². The van der Waals surface area contributed by atoms with Crippen molar-refractivity contribution in [2.45, 2.75) is 64.5 Å². The van der Waals surface area contributed by atoms with Gasteiger partial charge in [-0.05, 0) is 58.9 Å². The number of imidazole rings is 1. The number of aliphatic hydroxyl groups excluding tert-OH is 2. The number of carbonyl (C=O) groups excluding carboxylic acids is 1. The first kappa shape index (κ1) is 39.5. The molecule has 21 heteroatoms. The predicted octanol–water partition coefficient (Wildman–Crippen LogP) is 1.89. The SMILES string of the molecule is CC(NP(=O)(OC[C@@H](OCC(C)n1cnc2c(N(C)NS(C)(=O)=O)nc(N)nc21)[C@@H](O)CO)Oc1ccc(Br)cc1)C(=O)OC(C)(C)C. The fraction of sp³-hybridized carbons (Fsp3) is 0.556. The Morgan fingerprint density at radius 2 is 1.83 bits per heavy atom. The standard InChI is InChI=1S/C27H42BrN8O10PS/c1-16(36-15-30-22-23(31-26(29)32-24(22)36)35(6)34-48(7,41)42)13-43-21(20(38)12-37)14-44-47(40,46-19-10-8-18(28)9-11-19)33-17(2)25(39)45-27(3,4)5/h8-11,15-17,20-21,34,37-38H,12-14H2,1-7H3,(H,33,40)(H2,29,31,32)/t16?,17?,20-,21+,47?/m0/s1. The Kier molecular flexibility index (Phi) is 13.3. The molecule has 3 unspecified atom stereocenters. The summed E-state index contributed by atoms with van der Waals surface area (Å²) < 4.78 is 62.5. The topological polar surface area (TPSA) is 243 Å². The maximum absolute atomic E-state index is 14.0. The van der Waals surface area contributed by atoms with E-state index in [4.69, 9.17) is 24.3 Å². The molecule has 0 amide bonds. The molecule has 0 aliphatic carbocycles. The van der Waals surface area contributed by atoms with Crippen LogP contribution in [-0.4, -0.2) is 101 Å². The second-order valence-electron chi connectivity index (χ2n) is 11.8. The average Bonchev–Trinajstić information content (AvgIpc) is 3.39. The van der Waals surface area contributed by atoms with Crippen LogP contribution in [0.2, 0.25) is 0 Å². The van der Waals surface area contributed by atoms with Gasteiger partial charge in [0.25, 0.3) is 0 Å². The van der Waals surface area contributed by atoms with Crippen LogP contribution in [0.1, 0.15) is 40.7 Å². The van der Waals surface area contributed by atoms with E-state index in [-0.39, 0.29) is 35.3 Å². The van der Waals surface area contributed by atoms with Gasteiger partial charge < -0.3 is 34.5 Å². The van der Waals surface area contributed by atoms with Crippen molar-refractivity contribution in [2.75, 3.05) is 43.9 Å². The number of benzene rings is 1. The van der Waals surface area contributed by atoms with Crippen LogP contribution in [0.3, 0.4) is 0 Å². The van der Waals surface area contributed by atoms with E-state index >= 15 is 0 Å². The second-order valence-corrected chi connectivity index (χ2v) is 16.2. The normalized spacial score (nSPS) is 16.1. The largest absolute Gasteiger partial charge is 0.459 e. The number of nitrogens with two attached hydrogens (primary N) is 1. The minimum Gasteiger partial charge on any atom is -0.459 e. The number of hydrogen-bond acceptors (Lipinski definition) is 15. The fourth-order valence-corrected chi connectivity index (χ4v) is 6.42. The minimum atomic E-state index is -4.34.